The number of ether oxygens (including phenoxy) is 8. The second-order valence-corrected chi connectivity index (χ2v) is 21.8. The summed E-state index contributed by atoms with van der Waals surface area (Å²) in [6, 6.07) is -1.17. The number of aliphatic hydroxyl groups excluding tert-OH is 2. The van der Waals surface area contributed by atoms with Crippen LogP contribution >= 0.6 is 0 Å². The van der Waals surface area contributed by atoms with Gasteiger partial charge in [-0.05, 0) is 114 Å². The van der Waals surface area contributed by atoms with Gasteiger partial charge in [-0.3, -0.25) is 19.2 Å². The number of methoxy groups -OCH3 is 2. The first-order valence-electron chi connectivity index (χ1n) is 27.6. The Balaban J connectivity index is 1.53. The summed E-state index contributed by atoms with van der Waals surface area (Å²) in [7, 11) is 3.00. The molecule has 3 saturated heterocycles. The predicted molar refractivity (Wildman–Crippen MR) is 282 cm³/mol. The molecule has 17 nitrogen and oxygen atoms in total. The summed E-state index contributed by atoms with van der Waals surface area (Å²) in [6.07, 6.45) is 9.72. The largest absolute Gasteiger partial charge is 0.460 e. The standard InChI is InChI=1S/C58H93NO16/c1-12-16-36(3)28-40(7)52(62)54(69-11)53(63)41(8)29-38(5)47(61)33-50(39(6)30-43-20-22-48(72-25-24-60)51(31-43)68-10)74-57(66)46-18-14-15-23-59(46)56(65)55(64)58(67)42(9)19-21-44(75-58)32-49(37(4)17-13-2)73-27-26-71-45-34-70-35-45/h12-13,16-17,29,36,38-40,42-46,48-51,53-54,60,63,67H,2,14-15,18-28,30-35H2,1,3-11H3/b16-12+,37-17+,41-29+/t36-,38-,39-,40-,42-,43+,44+,46+,48-,49+,50+,51-,53-,54+,58-/m1/s1. The Morgan fingerprint density at radius 1 is 0.907 bits per heavy atom. The third-order valence-electron chi connectivity index (χ3n) is 15.8. The number of esters is 1. The monoisotopic (exact) mass is 1060 g/mol. The average Bonchev–Trinajstić information content (AvgIpc) is 3.37. The second-order valence-electron chi connectivity index (χ2n) is 21.8. The lowest BCUT2D eigenvalue weighted by atomic mass is 9.78. The van der Waals surface area contributed by atoms with E-state index in [0.29, 0.717) is 89.8 Å². The molecule has 1 amide bonds. The minimum atomic E-state index is -2.47. The first-order chi connectivity index (χ1) is 35.7. The van der Waals surface area contributed by atoms with Gasteiger partial charge in [-0.25, -0.2) is 4.79 Å². The molecular formula is C58H93NO16. The number of aliphatic hydroxyl groups is 3. The smallest absolute Gasteiger partial charge is 0.329 e. The van der Waals surface area contributed by atoms with Crippen LogP contribution in [0.25, 0.3) is 0 Å². The predicted octanol–water partition coefficient (Wildman–Crippen LogP) is 6.62. The van der Waals surface area contributed by atoms with Gasteiger partial charge in [-0.2, -0.15) is 0 Å². The van der Waals surface area contributed by atoms with Crippen molar-refractivity contribution in [2.24, 2.45) is 35.5 Å². The summed E-state index contributed by atoms with van der Waals surface area (Å²) in [6.45, 7) is 20.3. The number of piperidine rings is 1. The normalized spacial score (nSPS) is 28.3. The lowest BCUT2D eigenvalue weighted by Crippen LogP contribution is -2.61. The quantitative estimate of drug-likeness (QED) is 0.0212. The third kappa shape index (κ3) is 18.6. The van der Waals surface area contributed by atoms with E-state index in [1.165, 1.54) is 12.0 Å². The van der Waals surface area contributed by atoms with E-state index in [2.05, 4.69) is 6.58 Å². The molecule has 3 heterocycles. The van der Waals surface area contributed by atoms with Crippen LogP contribution in [0.2, 0.25) is 0 Å². The van der Waals surface area contributed by atoms with E-state index in [9.17, 15) is 39.3 Å². The number of allylic oxidation sites excluding steroid dienone is 5. The Kier molecular flexibility index (Phi) is 27.1. The zero-order valence-electron chi connectivity index (χ0n) is 46.8. The van der Waals surface area contributed by atoms with Crippen molar-refractivity contribution < 1.29 is 77.2 Å². The van der Waals surface area contributed by atoms with Crippen molar-refractivity contribution in [1.29, 1.82) is 0 Å². The fourth-order valence-corrected chi connectivity index (χ4v) is 11.1. The van der Waals surface area contributed by atoms with E-state index in [1.54, 1.807) is 40.0 Å². The van der Waals surface area contributed by atoms with Gasteiger partial charge in [0.05, 0.1) is 64.1 Å². The van der Waals surface area contributed by atoms with Gasteiger partial charge in [-0.1, -0.05) is 71.6 Å². The van der Waals surface area contributed by atoms with Gasteiger partial charge in [-0.15, -0.1) is 0 Å². The molecule has 1 saturated carbocycles. The number of rotatable bonds is 32. The number of hydrogen-bond acceptors (Lipinski definition) is 16. The van der Waals surface area contributed by atoms with Crippen LogP contribution < -0.4 is 0 Å². The number of carbonyl (C=O) groups excluding carboxylic acids is 5. The van der Waals surface area contributed by atoms with Crippen LogP contribution in [0.3, 0.4) is 0 Å². The molecule has 0 radical (unpaired) electrons. The number of hydrogen-bond donors (Lipinski definition) is 3. The van der Waals surface area contributed by atoms with Crippen molar-refractivity contribution in [3.8, 4) is 0 Å². The van der Waals surface area contributed by atoms with E-state index in [4.69, 9.17) is 37.9 Å². The van der Waals surface area contributed by atoms with Crippen LogP contribution in [0, 0.1) is 35.5 Å². The summed E-state index contributed by atoms with van der Waals surface area (Å²) >= 11 is 0. The Hall–Kier alpha value is -3.49. The lowest BCUT2D eigenvalue weighted by Gasteiger charge is -2.43. The first-order valence-corrected chi connectivity index (χ1v) is 27.6. The van der Waals surface area contributed by atoms with Gasteiger partial charge in [0.1, 0.15) is 36.2 Å². The summed E-state index contributed by atoms with van der Waals surface area (Å²) < 4.78 is 47.0. The van der Waals surface area contributed by atoms with Gasteiger partial charge in [0, 0.05) is 51.4 Å². The molecule has 0 spiro atoms. The summed E-state index contributed by atoms with van der Waals surface area (Å²) in [4.78, 5) is 72.4. The highest BCUT2D eigenvalue weighted by Crippen LogP contribution is 2.38. The van der Waals surface area contributed by atoms with Gasteiger partial charge in [0.2, 0.25) is 5.79 Å². The second kappa shape index (κ2) is 31.8. The van der Waals surface area contributed by atoms with Crippen molar-refractivity contribution in [2.45, 2.75) is 193 Å². The van der Waals surface area contributed by atoms with Crippen LogP contribution in [-0.4, -0.2) is 171 Å². The zero-order chi connectivity index (χ0) is 55.4. The van der Waals surface area contributed by atoms with Crippen molar-refractivity contribution in [3.05, 3.63) is 48.1 Å². The van der Waals surface area contributed by atoms with E-state index < -0.39 is 71.8 Å². The molecule has 4 aliphatic rings. The number of nitrogens with zero attached hydrogens (tertiary/aromatic N) is 1. The molecule has 0 unspecified atom stereocenters. The Bertz CT molecular complexity index is 1930. The topological polar surface area (TPSA) is 223 Å². The van der Waals surface area contributed by atoms with E-state index in [-0.39, 0.29) is 86.2 Å². The maximum Gasteiger partial charge on any atom is 0.329 e. The molecule has 4 fully saturated rings. The number of amides is 1. The molecular weight excluding hydrogens is 967 g/mol. The first kappa shape index (κ1) is 64.0. The molecule has 3 aliphatic heterocycles. The fourth-order valence-electron chi connectivity index (χ4n) is 11.1. The highest BCUT2D eigenvalue weighted by atomic mass is 16.6. The molecule has 0 bridgehead atoms. The lowest BCUT2D eigenvalue weighted by molar-refractivity contribution is -0.266. The van der Waals surface area contributed by atoms with Crippen LogP contribution in [0.15, 0.2) is 48.1 Å². The molecule has 3 N–H and O–H groups in total. The highest BCUT2D eigenvalue weighted by Gasteiger charge is 2.53. The maximum atomic E-state index is 14.6. The molecule has 75 heavy (non-hydrogen) atoms. The minimum absolute atomic E-state index is 0.0407. The molecule has 0 aromatic carbocycles. The maximum absolute atomic E-state index is 14.6. The molecule has 17 heteroatoms. The van der Waals surface area contributed by atoms with Crippen LogP contribution in [0.1, 0.15) is 132 Å². The van der Waals surface area contributed by atoms with E-state index in [0.717, 1.165) is 12.0 Å². The summed E-state index contributed by atoms with van der Waals surface area (Å²) in [5, 5.41) is 32.9. The van der Waals surface area contributed by atoms with Gasteiger partial charge < -0.3 is 58.1 Å². The van der Waals surface area contributed by atoms with Crippen LogP contribution in [0.5, 0.6) is 0 Å². The highest BCUT2D eigenvalue weighted by molar-refractivity contribution is 6.39. The van der Waals surface area contributed by atoms with Crippen LogP contribution in [-0.2, 0) is 61.9 Å². The van der Waals surface area contributed by atoms with Crippen molar-refractivity contribution in [1.82, 2.24) is 4.90 Å². The number of ketones is 3. The van der Waals surface area contributed by atoms with Crippen molar-refractivity contribution in [3.63, 3.8) is 0 Å². The fraction of sp³-hybridized carbons (Fsp3) is 0.776. The number of Topliss-reactive ketones (excluding diaryl/α,β-unsaturated/α-hetero) is 3. The molecule has 426 valence electrons. The average molecular weight is 1060 g/mol. The Labute approximate surface area is 447 Å². The third-order valence-corrected chi connectivity index (χ3v) is 15.8. The van der Waals surface area contributed by atoms with Gasteiger partial charge in [0.25, 0.3) is 11.7 Å². The minimum Gasteiger partial charge on any atom is -0.460 e. The Morgan fingerprint density at radius 3 is 2.28 bits per heavy atom. The molecule has 0 aromatic rings. The molecule has 15 atom stereocenters. The van der Waals surface area contributed by atoms with E-state index in [1.807, 2.05) is 52.8 Å². The zero-order valence-corrected chi connectivity index (χ0v) is 46.8. The molecule has 0 aromatic heterocycles. The molecule has 1 aliphatic carbocycles. The summed E-state index contributed by atoms with van der Waals surface area (Å²) in [5.41, 5.74) is 1.25. The van der Waals surface area contributed by atoms with E-state index >= 15 is 0 Å². The summed E-state index contributed by atoms with van der Waals surface area (Å²) in [5.74, 6) is -7.93. The van der Waals surface area contributed by atoms with Crippen molar-refractivity contribution >= 4 is 29.2 Å². The number of carbonyl (C=O) groups is 5. The molecule has 4 rings (SSSR count). The van der Waals surface area contributed by atoms with Gasteiger partial charge in [0.15, 0.2) is 5.78 Å². The number of likely N-dealkylation sites (tertiary alicyclic amines) is 1. The van der Waals surface area contributed by atoms with Gasteiger partial charge >= 0.3 is 5.97 Å². The Morgan fingerprint density at radius 2 is 1.64 bits per heavy atom. The van der Waals surface area contributed by atoms with Crippen molar-refractivity contribution in [2.75, 3.05) is 60.4 Å². The SMILES string of the molecule is C=C/C=C(\C)[C@H](C[C@@H]1CC[C@@H](C)[C@](O)(C(=O)C(=O)N2CCCC[C@H]2C(=O)O[C@@H](CC(=O)[C@H](C)/C=C(\C)[C@@H](O)[C@@H](OC)C(=O)[C@H](C)C[C@H](C)/C=C/C)[C@H](C)C[C@@H]2CC[C@@H](OCCO)[C@H](OC)C2)O1)OCCOC1COC1. The van der Waals surface area contributed by atoms with Crippen LogP contribution in [0.4, 0.5) is 0 Å².